The summed E-state index contributed by atoms with van der Waals surface area (Å²) < 4.78 is 25.4. The number of ether oxygens (including phenoxy) is 4. The number of aromatic nitrogens is 7. The van der Waals surface area contributed by atoms with Crippen LogP contribution in [0.2, 0.25) is 5.02 Å². The molecule has 0 saturated heterocycles. The molecule has 4 aromatic heterocycles. The van der Waals surface area contributed by atoms with Gasteiger partial charge in [0.15, 0.2) is 29.0 Å². The zero-order chi connectivity index (χ0) is 55.0. The van der Waals surface area contributed by atoms with Gasteiger partial charge in [-0.05, 0) is 102 Å². The largest absolute Gasteiger partial charge is 0.481 e. The van der Waals surface area contributed by atoms with Gasteiger partial charge in [0.25, 0.3) is 5.91 Å². The van der Waals surface area contributed by atoms with Crippen molar-refractivity contribution in [3.63, 3.8) is 0 Å². The van der Waals surface area contributed by atoms with Gasteiger partial charge in [0.05, 0.1) is 44.3 Å². The third kappa shape index (κ3) is 13.3. The lowest BCUT2D eigenvalue weighted by atomic mass is 9.75. The van der Waals surface area contributed by atoms with Crippen LogP contribution in [0.25, 0.3) is 38.9 Å². The second-order valence-electron chi connectivity index (χ2n) is 20.1. The number of halogens is 1. The van der Waals surface area contributed by atoms with Crippen LogP contribution in [0.1, 0.15) is 111 Å². The van der Waals surface area contributed by atoms with Crippen LogP contribution in [0.4, 0.5) is 5.69 Å². The summed E-state index contributed by atoms with van der Waals surface area (Å²) in [5.74, 6) is 1.05. The molecular weight excluding hydrogens is 988 g/mol. The van der Waals surface area contributed by atoms with E-state index in [0.717, 1.165) is 57.7 Å². The number of aryl methyl sites for hydroxylation is 4. The normalized spacial score (nSPS) is 17.1. The summed E-state index contributed by atoms with van der Waals surface area (Å²) in [7, 11) is 0. The van der Waals surface area contributed by atoms with Gasteiger partial charge in [0.2, 0.25) is 5.69 Å². The zero-order valence-electron chi connectivity index (χ0n) is 45.2. The zero-order valence-corrected chi connectivity index (χ0v) is 46.0. The van der Waals surface area contributed by atoms with Crippen LogP contribution in [0.5, 0.6) is 5.75 Å². The van der Waals surface area contributed by atoms with Crippen molar-refractivity contribution >= 4 is 52.4 Å². The Hall–Kier alpha value is -7.49. The summed E-state index contributed by atoms with van der Waals surface area (Å²) in [6, 6.07) is 21.7. The molecule has 76 heavy (non-hydrogen) atoms. The minimum absolute atomic E-state index is 0.0347. The second kappa shape index (κ2) is 24.9. The van der Waals surface area contributed by atoms with E-state index in [2.05, 4.69) is 58.1 Å². The molecule has 0 aliphatic heterocycles. The summed E-state index contributed by atoms with van der Waals surface area (Å²) >= 11 is 6.25. The van der Waals surface area contributed by atoms with E-state index in [0.29, 0.717) is 40.5 Å². The van der Waals surface area contributed by atoms with Gasteiger partial charge in [-0.25, -0.2) is 19.6 Å². The molecule has 1 aliphatic rings. The Morgan fingerprint density at radius 1 is 0.842 bits per heavy atom. The number of nitrogens with zero attached hydrogens (tertiary/aromatic N) is 7. The van der Waals surface area contributed by atoms with Crippen molar-refractivity contribution in [2.45, 2.75) is 114 Å². The summed E-state index contributed by atoms with van der Waals surface area (Å²) in [6.45, 7) is 30.0. The van der Waals surface area contributed by atoms with E-state index in [9.17, 15) is 19.2 Å². The van der Waals surface area contributed by atoms with Crippen molar-refractivity contribution in [2.24, 2.45) is 17.8 Å². The maximum absolute atomic E-state index is 13.9. The third-order valence-corrected chi connectivity index (χ3v) is 14.1. The van der Waals surface area contributed by atoms with E-state index in [-0.39, 0.29) is 79.5 Å². The predicted molar refractivity (Wildman–Crippen MR) is 290 cm³/mol. The number of nitrogens with one attached hydrogen (secondary N) is 3. The van der Waals surface area contributed by atoms with Crippen molar-refractivity contribution in [2.75, 3.05) is 32.8 Å². The highest BCUT2D eigenvalue weighted by atomic mass is 35.5. The first kappa shape index (κ1) is 56.2. The van der Waals surface area contributed by atoms with Crippen molar-refractivity contribution in [3.05, 3.63) is 122 Å². The molecule has 4 unspecified atom stereocenters. The monoisotopic (exact) mass is 1060 g/mol. The molecule has 1 saturated carbocycles. The minimum Gasteiger partial charge on any atom is -0.481 e. The van der Waals surface area contributed by atoms with Gasteiger partial charge >= 0.3 is 17.9 Å². The van der Waals surface area contributed by atoms with Crippen molar-refractivity contribution in [1.29, 1.82) is 0 Å². The van der Waals surface area contributed by atoms with Gasteiger partial charge in [-0.15, -0.1) is 5.10 Å². The first-order chi connectivity index (χ1) is 36.3. The fourth-order valence-electron chi connectivity index (χ4n) is 9.80. The van der Waals surface area contributed by atoms with Crippen molar-refractivity contribution in [1.82, 2.24) is 44.6 Å². The Kier molecular flexibility index (Phi) is 18.4. The Labute approximate surface area is 448 Å². The van der Waals surface area contributed by atoms with E-state index < -0.39 is 24.0 Å². The molecule has 0 radical (unpaired) electrons. The molecule has 8 rings (SSSR count). The molecule has 0 bridgehead atoms. The highest BCUT2D eigenvalue weighted by molar-refractivity contribution is 6.34. The fraction of sp³-hybridized carbons (Fsp3) is 0.439. The lowest BCUT2D eigenvalue weighted by molar-refractivity contribution is -0.148. The highest BCUT2D eigenvalue weighted by Crippen LogP contribution is 2.39. The number of hydrogen-bond donors (Lipinski definition) is 3. The predicted octanol–water partition coefficient (Wildman–Crippen LogP) is 10.3. The number of H-pyrrole nitrogens is 2. The standard InChI is InChI=1S/C32H41N5O6.C25H28ClN5O2/c1-8-41-25(38)17-36(18-26(39)42-9-2)16-24-28(33-7)27(32(40)43-29-21(5)14-20(4)15-22(29)6)31-34-30(35-37(24)31)23-12-10-19(3)11-13-23;1-14-6-11-21(15(2)12-14)33-18(5)25(32)27-13-16(3)19-7-9-20(10-8-19)23-28-24-22(26)17(4)29-31(24)30-23/h10-13,20-22,29H,8-9,14-18H2,1-6H3,(H,34,35);6-12,16,18,29H,13H2,1-5H3,(H,27,32). The van der Waals surface area contributed by atoms with E-state index >= 15 is 0 Å². The fourth-order valence-corrected chi connectivity index (χ4v) is 9.97. The Balaban J connectivity index is 0.000000229. The Morgan fingerprint density at radius 2 is 1.46 bits per heavy atom. The molecule has 18 nitrogen and oxygen atoms in total. The summed E-state index contributed by atoms with van der Waals surface area (Å²) in [4.78, 5) is 65.9. The molecule has 3 aromatic carbocycles. The average molecular weight is 1060 g/mol. The summed E-state index contributed by atoms with van der Waals surface area (Å²) in [5.41, 5.74) is 8.25. The quantitative estimate of drug-likeness (QED) is 0.0417. The number of hydrogen-bond acceptors (Lipinski definition) is 12. The minimum atomic E-state index is -0.614. The number of fused-ring (bicyclic) bond motifs is 2. The molecular formula is C57H69ClN10O8. The van der Waals surface area contributed by atoms with Crippen LogP contribution in [-0.2, 0) is 35.1 Å². The van der Waals surface area contributed by atoms with Crippen LogP contribution in [0.15, 0.2) is 66.7 Å². The first-order valence-electron chi connectivity index (χ1n) is 25.8. The number of carbonyl (C=O) groups excluding carboxylic acids is 4. The van der Waals surface area contributed by atoms with E-state index in [1.54, 1.807) is 29.9 Å². The van der Waals surface area contributed by atoms with Gasteiger partial charge in [-0.2, -0.15) is 4.63 Å². The molecule has 7 aromatic rings. The third-order valence-electron chi connectivity index (χ3n) is 13.6. The number of carbonyl (C=O) groups is 4. The molecule has 4 heterocycles. The van der Waals surface area contributed by atoms with Crippen molar-refractivity contribution < 1.29 is 38.1 Å². The van der Waals surface area contributed by atoms with Crippen LogP contribution >= 0.6 is 11.6 Å². The maximum Gasteiger partial charge on any atom is 0.331 e. The SMILES string of the molecule is Cc1ccc(OC(C)C(=O)NCC(C)c2ccc(-c3nc4c(Cl)c(C)[nH]n4n3)cc2)c(C)c1.[C-]#[N+]c1c(C(=O)OC2C(C)CC(C)CC2C)c2nc(-c3ccc(C)cc3)[nH]n2c1CN(CC(=O)OCC)CC(=O)OCC. The molecule has 1 amide bonds. The molecule has 1 fully saturated rings. The van der Waals surface area contributed by atoms with Gasteiger partial charge < -0.3 is 24.3 Å². The number of benzene rings is 3. The number of amides is 1. The van der Waals surface area contributed by atoms with Crippen molar-refractivity contribution in [3.8, 4) is 28.5 Å². The number of rotatable bonds is 18. The van der Waals surface area contributed by atoms with E-state index in [1.807, 2.05) is 94.4 Å². The molecule has 1 aliphatic carbocycles. The molecule has 402 valence electrons. The van der Waals surface area contributed by atoms with Gasteiger partial charge in [0, 0.05) is 24.2 Å². The summed E-state index contributed by atoms with van der Waals surface area (Å²) in [6.07, 6.45) is 1.03. The average Bonchev–Trinajstić information content (AvgIpc) is 4.16. The van der Waals surface area contributed by atoms with Gasteiger partial charge in [0.1, 0.15) is 22.4 Å². The smallest absolute Gasteiger partial charge is 0.331 e. The maximum atomic E-state index is 13.9. The van der Waals surface area contributed by atoms with Gasteiger partial charge in [-0.1, -0.05) is 111 Å². The Morgan fingerprint density at radius 3 is 2.05 bits per heavy atom. The van der Waals surface area contributed by atoms with Crippen LogP contribution in [-0.4, -0.2) is 108 Å². The second-order valence-corrected chi connectivity index (χ2v) is 20.4. The van der Waals surface area contributed by atoms with E-state index in [1.165, 1.54) is 4.90 Å². The molecule has 3 N–H and O–H groups in total. The molecule has 4 atom stereocenters. The van der Waals surface area contributed by atoms with Crippen LogP contribution < -0.4 is 10.1 Å². The van der Waals surface area contributed by atoms with Crippen LogP contribution in [0.3, 0.4) is 0 Å². The topological polar surface area (TPSA) is 204 Å². The van der Waals surface area contributed by atoms with Gasteiger partial charge in [-0.3, -0.25) is 34.0 Å². The van der Waals surface area contributed by atoms with Crippen LogP contribution in [0, 0.1) is 52.0 Å². The molecule has 19 heteroatoms. The van der Waals surface area contributed by atoms with E-state index in [4.69, 9.17) is 42.1 Å². The Bertz CT molecular complexity index is 3190. The lowest BCUT2D eigenvalue weighted by Crippen LogP contribution is -2.38. The summed E-state index contributed by atoms with van der Waals surface area (Å²) in [5, 5.41) is 14.3. The molecule has 0 spiro atoms. The number of esters is 3. The lowest BCUT2D eigenvalue weighted by Gasteiger charge is -2.37. The first-order valence-corrected chi connectivity index (χ1v) is 26.2. The highest BCUT2D eigenvalue weighted by Gasteiger charge is 2.37. The number of aromatic amines is 2.